The summed E-state index contributed by atoms with van der Waals surface area (Å²) in [5.74, 6) is -3.64. The molecule has 2 saturated heterocycles. The molecule has 23 nitrogen and oxygen atoms in total. The Balaban J connectivity index is 2.66. The lowest BCUT2D eigenvalue weighted by molar-refractivity contribution is -0.300. The van der Waals surface area contributed by atoms with Crippen molar-refractivity contribution < 1.29 is 101 Å². The summed E-state index contributed by atoms with van der Waals surface area (Å²) >= 11 is 0. The molecule has 0 saturated carbocycles. The minimum atomic E-state index is -5.58. The predicted octanol–water partition coefficient (Wildman–Crippen LogP) is 23.7. The first-order chi connectivity index (χ1) is 59.8. The topological polar surface area (TPSA) is 328 Å². The van der Waals surface area contributed by atoms with Gasteiger partial charge in [0, 0.05) is 25.9 Å². The number of carbonyl (C=O) groups excluding carboxylic acids is 6. The van der Waals surface area contributed by atoms with Gasteiger partial charge in [-0.2, -0.15) is 0 Å². The molecule has 0 aromatic rings. The molecule has 24 heteroatoms. The number of carbonyl (C=O) groups is 6. The molecular weight excluding hydrogens is 1580 g/mol. The molecule has 13 atom stereocenters. The number of hydrogen-bond acceptors (Lipinski definition) is 19. The third-order valence-electron chi connectivity index (χ3n) is 24.6. The molecule has 0 aromatic carbocycles. The molecule has 7 N–H and O–H groups in total. The molecule has 0 aromatic heterocycles. The van der Waals surface area contributed by atoms with Crippen molar-refractivity contribution in [3.63, 3.8) is 0 Å². The standard InChI is InChI=1S/C99H187N2O21P/c1-8-15-21-27-33-39-42-48-54-60-66-72-88(105)116-81(69-63-57-51-45-36-30-24-18-11-4)76-86(103)100-92-96(114-75-14-7)94(109)85(119-98(92)110)80-115-99-93(101-87(104)77-82(70-64-58-52-46-37-31-25-19-12-5)117-89(106)73-67-61-55-49-43-40-34-28-22-16-9-2)97(95(84(79-102)120-99)122-123(111,112)113)121-91(108)78-83(71-65-59-53-47-38-32-26-20-13-6)118-90(107)74-68-62-56-50-44-41-35-29-23-17-10-3/h81-85,92-99,102,109-110H,8-80H2,1-7H3,(H,100,103)(H,101,104)(H2,111,112,113)/t81-,82-,83-,84-,85-,92-,93-,94-,95-,96-,97-,98-,99-/m1/s1. The van der Waals surface area contributed by atoms with Crippen molar-refractivity contribution in [2.24, 2.45) is 0 Å². The number of hydrogen-bond donors (Lipinski definition) is 7. The third-order valence-corrected chi connectivity index (χ3v) is 25.1. The number of nitrogens with one attached hydrogen (secondary N) is 2. The lowest BCUT2D eigenvalue weighted by Gasteiger charge is -2.46. The van der Waals surface area contributed by atoms with Gasteiger partial charge in [0.2, 0.25) is 11.8 Å². The summed E-state index contributed by atoms with van der Waals surface area (Å²) in [6, 6.07) is -3.10. The Hall–Kier alpha value is -3.35. The summed E-state index contributed by atoms with van der Waals surface area (Å²) in [4.78, 5) is 107. The molecule has 724 valence electrons. The maximum absolute atomic E-state index is 15.1. The highest BCUT2D eigenvalue weighted by Crippen LogP contribution is 2.43. The van der Waals surface area contributed by atoms with Crippen LogP contribution in [0.15, 0.2) is 0 Å². The van der Waals surface area contributed by atoms with Crippen LogP contribution in [0.4, 0.5) is 0 Å². The first kappa shape index (κ1) is 116. The fourth-order valence-electron chi connectivity index (χ4n) is 17.1. The Morgan fingerprint density at radius 1 is 0.333 bits per heavy atom. The van der Waals surface area contributed by atoms with Gasteiger partial charge < -0.3 is 73.6 Å². The monoisotopic (exact) mass is 1770 g/mol. The van der Waals surface area contributed by atoms with Crippen LogP contribution in [0.1, 0.15) is 498 Å². The molecule has 0 radical (unpaired) electrons. The van der Waals surface area contributed by atoms with Gasteiger partial charge in [-0.05, 0) is 64.2 Å². The van der Waals surface area contributed by atoms with Crippen LogP contribution in [-0.2, 0) is 75.8 Å². The largest absolute Gasteiger partial charge is 0.470 e. The molecule has 2 aliphatic rings. The van der Waals surface area contributed by atoms with Crippen molar-refractivity contribution in [1.29, 1.82) is 0 Å². The highest BCUT2D eigenvalue weighted by atomic mass is 31.2. The van der Waals surface area contributed by atoms with E-state index in [1.165, 1.54) is 173 Å². The summed E-state index contributed by atoms with van der Waals surface area (Å²) in [6.07, 6.45) is 49.1. The van der Waals surface area contributed by atoms with Crippen LogP contribution < -0.4 is 10.6 Å². The summed E-state index contributed by atoms with van der Waals surface area (Å²) in [5, 5.41) is 41.3. The Morgan fingerprint density at radius 3 is 0.927 bits per heavy atom. The van der Waals surface area contributed by atoms with Gasteiger partial charge in [-0.3, -0.25) is 33.3 Å². The van der Waals surface area contributed by atoms with Crippen molar-refractivity contribution in [3.8, 4) is 0 Å². The van der Waals surface area contributed by atoms with E-state index in [1.54, 1.807) is 0 Å². The molecule has 0 unspecified atom stereocenters. The summed E-state index contributed by atoms with van der Waals surface area (Å²) < 4.78 is 68.6. The summed E-state index contributed by atoms with van der Waals surface area (Å²) in [7, 11) is -5.58. The number of amides is 2. The van der Waals surface area contributed by atoms with E-state index >= 15 is 4.79 Å². The zero-order valence-electron chi connectivity index (χ0n) is 79.3. The fraction of sp³-hybridized carbons (Fsp3) is 0.939. The SMILES string of the molecule is CCCCCCCCCCCCCC(=O)O[C@H](CCCCCCCCCCC)CC(=O)N[C@@H]1[C@@H](OCCC)[C@H](O)[C@@H](CO[C@@H]2O[C@H](CO)[C@@H](OP(=O)(O)O)[C@H](OC(=O)C[C@@H](CCCCCCCCCCC)OC(=O)CCCCCCCCCCCCC)[C@H]2NC(=O)C[C@@H](CCCCCCCCCCC)OC(=O)CCCCCCCCCCCCC)O[C@H]1O. The number of aliphatic hydroxyl groups is 3. The second kappa shape index (κ2) is 79.6. The minimum Gasteiger partial charge on any atom is -0.462 e. The first-order valence-electron chi connectivity index (χ1n) is 51.4. The van der Waals surface area contributed by atoms with Crippen LogP contribution in [0, 0.1) is 0 Å². The van der Waals surface area contributed by atoms with Gasteiger partial charge in [0.25, 0.3) is 0 Å². The van der Waals surface area contributed by atoms with Crippen LogP contribution in [0.25, 0.3) is 0 Å². The van der Waals surface area contributed by atoms with E-state index in [1.807, 2.05) is 6.92 Å². The van der Waals surface area contributed by atoms with E-state index in [2.05, 4.69) is 52.2 Å². The zero-order valence-corrected chi connectivity index (χ0v) is 80.2. The van der Waals surface area contributed by atoms with Gasteiger partial charge in [0.1, 0.15) is 60.9 Å². The quantitative estimate of drug-likeness (QED) is 0.0129. The van der Waals surface area contributed by atoms with Crippen molar-refractivity contribution in [2.75, 3.05) is 19.8 Å². The zero-order chi connectivity index (χ0) is 89.9. The van der Waals surface area contributed by atoms with E-state index < -0.39 is 143 Å². The highest BCUT2D eigenvalue weighted by Gasteiger charge is 2.54. The number of phosphoric ester groups is 1. The van der Waals surface area contributed by atoms with Crippen molar-refractivity contribution >= 4 is 43.5 Å². The number of aliphatic hydroxyl groups excluding tert-OH is 3. The van der Waals surface area contributed by atoms with E-state index in [-0.39, 0.29) is 38.3 Å². The van der Waals surface area contributed by atoms with Crippen molar-refractivity contribution in [1.82, 2.24) is 10.6 Å². The molecule has 2 fully saturated rings. The van der Waals surface area contributed by atoms with Crippen LogP contribution >= 0.6 is 7.82 Å². The molecular formula is C99H187N2O21P. The lowest BCUT2D eigenvalue weighted by Crippen LogP contribution is -2.67. The van der Waals surface area contributed by atoms with Crippen LogP contribution in [0.3, 0.4) is 0 Å². The van der Waals surface area contributed by atoms with Gasteiger partial charge >= 0.3 is 31.7 Å². The predicted molar refractivity (Wildman–Crippen MR) is 492 cm³/mol. The van der Waals surface area contributed by atoms with Gasteiger partial charge in [-0.25, -0.2) is 4.57 Å². The second-order valence-electron chi connectivity index (χ2n) is 36.3. The van der Waals surface area contributed by atoms with Gasteiger partial charge in [0.15, 0.2) is 18.7 Å². The third kappa shape index (κ3) is 62.6. The second-order valence-corrected chi connectivity index (χ2v) is 37.5. The molecule has 2 heterocycles. The van der Waals surface area contributed by atoms with E-state index in [4.69, 9.17) is 42.4 Å². The first-order valence-corrected chi connectivity index (χ1v) is 52.9. The average molecular weight is 1770 g/mol. The van der Waals surface area contributed by atoms with Crippen molar-refractivity contribution in [3.05, 3.63) is 0 Å². The number of esters is 4. The maximum Gasteiger partial charge on any atom is 0.470 e. The fourth-order valence-corrected chi connectivity index (χ4v) is 17.7. The van der Waals surface area contributed by atoms with Crippen LogP contribution in [0.5, 0.6) is 0 Å². The average Bonchev–Trinajstić information content (AvgIpc) is 0.782. The normalized spacial score (nSPS) is 20.0. The molecule has 2 aliphatic heterocycles. The summed E-state index contributed by atoms with van der Waals surface area (Å²) in [6.45, 7) is 13.5. The number of phosphoric acid groups is 1. The molecule has 0 spiro atoms. The molecule has 2 rings (SSSR count). The smallest absolute Gasteiger partial charge is 0.462 e. The maximum atomic E-state index is 15.1. The molecule has 0 aliphatic carbocycles. The number of rotatable bonds is 87. The Labute approximate surface area is 748 Å². The Morgan fingerprint density at radius 2 is 0.626 bits per heavy atom. The Bertz CT molecular complexity index is 2570. The van der Waals surface area contributed by atoms with Crippen molar-refractivity contribution in [2.45, 2.75) is 578 Å². The summed E-state index contributed by atoms with van der Waals surface area (Å²) in [5.41, 5.74) is 0. The molecule has 2 amide bonds. The van der Waals surface area contributed by atoms with E-state index in [0.717, 1.165) is 180 Å². The lowest BCUT2D eigenvalue weighted by atomic mass is 9.95. The van der Waals surface area contributed by atoms with Gasteiger partial charge in [-0.1, -0.05) is 395 Å². The van der Waals surface area contributed by atoms with Crippen LogP contribution in [0.2, 0.25) is 0 Å². The van der Waals surface area contributed by atoms with Gasteiger partial charge in [0.05, 0.1) is 32.5 Å². The highest BCUT2D eigenvalue weighted by molar-refractivity contribution is 7.46. The molecule has 0 bridgehead atoms. The van der Waals surface area contributed by atoms with Gasteiger partial charge in [-0.15, -0.1) is 0 Å². The van der Waals surface area contributed by atoms with E-state index in [9.17, 15) is 53.6 Å². The number of ether oxygens (including phenoxy) is 8. The van der Waals surface area contributed by atoms with Crippen LogP contribution in [-0.4, -0.2) is 160 Å². The molecule has 123 heavy (non-hydrogen) atoms. The number of unbranched alkanes of at least 4 members (excludes halogenated alkanes) is 54. The van der Waals surface area contributed by atoms with E-state index in [0.29, 0.717) is 57.8 Å². The Kier molecular flexibility index (Phi) is 74.9. The minimum absolute atomic E-state index is 0.0751.